The lowest BCUT2D eigenvalue weighted by atomic mass is 9.89. The number of hydrogen-bond donors (Lipinski definition) is 1. The predicted octanol–water partition coefficient (Wildman–Crippen LogP) is 6.39. The summed E-state index contributed by atoms with van der Waals surface area (Å²) in [4.78, 5) is 33.6. The van der Waals surface area contributed by atoms with Gasteiger partial charge in [-0.1, -0.05) is 42.1 Å². The summed E-state index contributed by atoms with van der Waals surface area (Å²) in [6, 6.07) is 14.0. The third-order valence-corrected chi connectivity index (χ3v) is 7.78. The molecule has 34 heavy (non-hydrogen) atoms. The van der Waals surface area contributed by atoms with Crippen molar-refractivity contribution in [1.29, 1.82) is 0 Å². The first-order valence-corrected chi connectivity index (χ1v) is 13.4. The van der Waals surface area contributed by atoms with Gasteiger partial charge in [-0.15, -0.1) is 11.3 Å². The first-order chi connectivity index (χ1) is 16.5. The van der Waals surface area contributed by atoms with Crippen LogP contribution in [0.3, 0.4) is 0 Å². The maximum Gasteiger partial charge on any atom is 0.338 e. The minimum Gasteiger partial charge on any atom is -0.459 e. The van der Waals surface area contributed by atoms with Crippen molar-refractivity contribution < 1.29 is 9.53 Å². The highest BCUT2D eigenvalue weighted by molar-refractivity contribution is 7.98. The lowest BCUT2D eigenvalue weighted by Gasteiger charge is -2.16. The zero-order valence-corrected chi connectivity index (χ0v) is 20.9. The molecule has 0 atom stereocenters. The van der Waals surface area contributed by atoms with E-state index >= 15 is 0 Å². The zero-order valence-electron chi connectivity index (χ0n) is 19.2. The van der Waals surface area contributed by atoms with Gasteiger partial charge in [-0.2, -0.15) is 0 Å². The van der Waals surface area contributed by atoms with Crippen LogP contribution in [0.25, 0.3) is 21.3 Å². The molecule has 0 saturated heterocycles. The van der Waals surface area contributed by atoms with Gasteiger partial charge >= 0.3 is 5.97 Å². The summed E-state index contributed by atoms with van der Waals surface area (Å²) in [5.74, 6) is 0.253. The van der Waals surface area contributed by atoms with Gasteiger partial charge in [0.15, 0.2) is 5.16 Å². The Morgan fingerprint density at radius 1 is 1.15 bits per heavy atom. The van der Waals surface area contributed by atoms with Gasteiger partial charge in [0, 0.05) is 16.7 Å². The number of esters is 1. The Labute approximate surface area is 206 Å². The second-order valence-electron chi connectivity index (χ2n) is 8.83. The Hall–Kier alpha value is -2.90. The normalized spacial score (nSPS) is 13.3. The van der Waals surface area contributed by atoms with Crippen molar-refractivity contribution in [1.82, 2.24) is 9.97 Å². The second-order valence-corrected chi connectivity index (χ2v) is 10.7. The van der Waals surface area contributed by atoms with Crippen LogP contribution in [0, 0.1) is 0 Å². The van der Waals surface area contributed by atoms with Gasteiger partial charge in [-0.05, 0) is 73.9 Å². The van der Waals surface area contributed by atoms with Crippen LogP contribution >= 0.6 is 23.1 Å². The molecule has 0 fully saturated rings. The van der Waals surface area contributed by atoms with Crippen molar-refractivity contribution in [3.8, 4) is 11.1 Å². The van der Waals surface area contributed by atoms with Crippen LogP contribution < -0.4 is 5.56 Å². The summed E-state index contributed by atoms with van der Waals surface area (Å²) in [6.07, 6.45) is 4.57. The molecule has 1 aliphatic rings. The van der Waals surface area contributed by atoms with E-state index in [1.165, 1.54) is 47.1 Å². The third-order valence-electron chi connectivity index (χ3n) is 5.96. The van der Waals surface area contributed by atoms with E-state index in [1.807, 2.05) is 37.4 Å². The van der Waals surface area contributed by atoms with Crippen molar-refractivity contribution in [3.63, 3.8) is 0 Å². The van der Waals surface area contributed by atoms with Crippen molar-refractivity contribution in [2.24, 2.45) is 0 Å². The largest absolute Gasteiger partial charge is 0.459 e. The fourth-order valence-corrected chi connectivity index (χ4v) is 6.14. The van der Waals surface area contributed by atoms with Gasteiger partial charge in [0.25, 0.3) is 5.56 Å². The first kappa shape index (κ1) is 22.9. The number of carbonyl (C=O) groups excluding carboxylic acids is 1. The molecule has 2 heterocycles. The monoisotopic (exact) mass is 490 g/mol. The molecule has 1 N–H and O–H groups in total. The fraction of sp³-hybridized carbons (Fsp3) is 0.296. The predicted molar refractivity (Wildman–Crippen MR) is 139 cm³/mol. The number of aromatic nitrogens is 2. The average Bonchev–Trinajstić information content (AvgIpc) is 3.27. The molecule has 0 bridgehead atoms. The number of fused-ring (bicyclic) bond motifs is 2. The minimum atomic E-state index is -0.330. The van der Waals surface area contributed by atoms with Crippen molar-refractivity contribution in [2.45, 2.75) is 56.5 Å². The second kappa shape index (κ2) is 9.76. The lowest BCUT2D eigenvalue weighted by molar-refractivity contribution is 0.0378. The number of aromatic amines is 1. The van der Waals surface area contributed by atoms with E-state index in [9.17, 15) is 9.59 Å². The molecule has 0 radical (unpaired) electrons. The number of nitrogens with one attached hydrogen (secondary N) is 1. The van der Waals surface area contributed by atoms with Crippen LogP contribution in [0.4, 0.5) is 0 Å². The Morgan fingerprint density at radius 2 is 1.97 bits per heavy atom. The molecule has 174 valence electrons. The summed E-state index contributed by atoms with van der Waals surface area (Å²) in [5.41, 5.74) is 6.25. The van der Waals surface area contributed by atoms with E-state index in [0.717, 1.165) is 34.4 Å². The molecule has 2 aromatic heterocycles. The van der Waals surface area contributed by atoms with E-state index < -0.39 is 0 Å². The van der Waals surface area contributed by atoms with E-state index in [-0.39, 0.29) is 17.6 Å². The number of carbonyl (C=O) groups is 1. The number of thioether (sulfide) groups is 1. The first-order valence-electron chi connectivity index (χ1n) is 11.5. The Kier molecular flexibility index (Phi) is 6.57. The van der Waals surface area contributed by atoms with Crippen LogP contribution in [0.5, 0.6) is 0 Å². The van der Waals surface area contributed by atoms with Crippen molar-refractivity contribution in [3.05, 3.63) is 80.5 Å². The van der Waals surface area contributed by atoms with E-state index in [4.69, 9.17) is 9.72 Å². The maximum absolute atomic E-state index is 13.0. The molecule has 0 saturated carbocycles. The summed E-state index contributed by atoms with van der Waals surface area (Å²) in [6.45, 7) is 3.66. The number of ether oxygens (including phenoxy) is 1. The average molecular weight is 491 g/mol. The van der Waals surface area contributed by atoms with Gasteiger partial charge in [0.05, 0.1) is 17.1 Å². The van der Waals surface area contributed by atoms with E-state index in [1.54, 1.807) is 6.07 Å². The molecule has 2 aromatic carbocycles. The molecule has 7 heteroatoms. The number of aryl methyl sites for hydroxylation is 2. The molecule has 0 amide bonds. The number of rotatable bonds is 6. The number of thiophene rings is 1. The number of H-pyrrole nitrogens is 1. The summed E-state index contributed by atoms with van der Waals surface area (Å²) in [5, 5.41) is 3.27. The van der Waals surface area contributed by atoms with Gasteiger partial charge in [0.1, 0.15) is 4.83 Å². The Morgan fingerprint density at radius 3 is 2.79 bits per heavy atom. The van der Waals surface area contributed by atoms with Gasteiger partial charge in [-0.25, -0.2) is 9.78 Å². The van der Waals surface area contributed by atoms with Crippen LogP contribution in [0.2, 0.25) is 0 Å². The number of hydrogen-bond acceptors (Lipinski definition) is 6. The molecule has 1 aliphatic carbocycles. The standard InChI is InChI=1S/C27H26N2O3S2/c1-16(2)32-26(31)21-9-5-6-17(12-21)14-34-27-28-24(30)23-22(15-33-25(23)29-27)20-11-10-18-7-3-4-8-19(18)13-20/h5-6,9-13,15-16H,3-4,7-8,14H2,1-2H3,(H,28,29,30). The van der Waals surface area contributed by atoms with Crippen LogP contribution in [-0.2, 0) is 23.3 Å². The van der Waals surface area contributed by atoms with Crippen molar-refractivity contribution in [2.75, 3.05) is 0 Å². The van der Waals surface area contributed by atoms with Crippen LogP contribution in [-0.4, -0.2) is 22.0 Å². The Bertz CT molecular complexity index is 1420. The zero-order chi connectivity index (χ0) is 23.7. The lowest BCUT2D eigenvalue weighted by Crippen LogP contribution is -2.11. The summed E-state index contributed by atoms with van der Waals surface area (Å²) in [7, 11) is 0. The van der Waals surface area contributed by atoms with E-state index in [0.29, 0.717) is 21.9 Å². The SMILES string of the molecule is CC(C)OC(=O)c1cccc(CSc2nc3scc(-c4ccc5c(c4)CCCC5)c3c(=O)[nH]2)c1. The van der Waals surface area contributed by atoms with E-state index in [2.05, 4.69) is 23.2 Å². The summed E-state index contributed by atoms with van der Waals surface area (Å²) < 4.78 is 5.28. The molecule has 5 rings (SSSR count). The molecule has 0 spiro atoms. The molecule has 5 nitrogen and oxygen atoms in total. The molecular formula is C27H26N2O3S2. The quantitative estimate of drug-likeness (QED) is 0.193. The Balaban J connectivity index is 1.37. The maximum atomic E-state index is 13.0. The smallest absolute Gasteiger partial charge is 0.338 e. The van der Waals surface area contributed by atoms with Gasteiger partial charge in [0.2, 0.25) is 0 Å². The van der Waals surface area contributed by atoms with Crippen molar-refractivity contribution >= 4 is 39.3 Å². The molecule has 4 aromatic rings. The van der Waals surface area contributed by atoms with Crippen LogP contribution in [0.15, 0.2) is 57.8 Å². The minimum absolute atomic E-state index is 0.115. The fourth-order valence-electron chi connectivity index (χ4n) is 4.33. The third kappa shape index (κ3) is 4.81. The van der Waals surface area contributed by atoms with Gasteiger partial charge < -0.3 is 9.72 Å². The molecular weight excluding hydrogens is 464 g/mol. The highest BCUT2D eigenvalue weighted by Gasteiger charge is 2.16. The molecule has 0 aliphatic heterocycles. The van der Waals surface area contributed by atoms with Gasteiger partial charge in [-0.3, -0.25) is 4.79 Å². The van der Waals surface area contributed by atoms with Crippen LogP contribution in [0.1, 0.15) is 53.7 Å². The number of nitrogens with zero attached hydrogens (tertiary/aromatic N) is 1. The summed E-state index contributed by atoms with van der Waals surface area (Å²) >= 11 is 2.95. The highest BCUT2D eigenvalue weighted by atomic mass is 32.2. The topological polar surface area (TPSA) is 72.0 Å². The number of benzene rings is 2. The highest BCUT2D eigenvalue weighted by Crippen LogP contribution is 2.34. The molecule has 0 unspecified atom stereocenters.